The van der Waals surface area contributed by atoms with Crippen molar-refractivity contribution >= 4 is 46.3 Å². The van der Waals surface area contributed by atoms with Gasteiger partial charge in [-0.2, -0.15) is 10.2 Å². The van der Waals surface area contributed by atoms with Gasteiger partial charge in [-0.15, -0.1) is 0 Å². The number of amides is 1. The third-order valence-corrected chi connectivity index (χ3v) is 6.81. The number of pyridine rings is 1. The van der Waals surface area contributed by atoms with E-state index in [2.05, 4.69) is 16.0 Å². The Bertz CT molecular complexity index is 1610. The number of aromatic nitrogens is 3. The first-order valence-electron chi connectivity index (χ1n) is 12.4. The molecule has 0 bridgehead atoms. The van der Waals surface area contributed by atoms with Gasteiger partial charge in [0.15, 0.2) is 0 Å². The summed E-state index contributed by atoms with van der Waals surface area (Å²) in [5.74, 6) is -1.03. The molecule has 0 saturated carbocycles. The maximum absolute atomic E-state index is 13.8. The van der Waals surface area contributed by atoms with E-state index in [0.29, 0.717) is 28.5 Å². The quantitative estimate of drug-likeness (QED) is 0.432. The minimum Gasteiger partial charge on any atom is -0.479 e. The largest absolute Gasteiger partial charge is 0.479 e. The monoisotopic (exact) mass is 560 g/mol. The van der Waals surface area contributed by atoms with E-state index in [1.807, 2.05) is 13.8 Å². The van der Waals surface area contributed by atoms with Crippen LogP contribution in [0.2, 0.25) is 5.02 Å². The maximum atomic E-state index is 13.8. The van der Waals surface area contributed by atoms with E-state index in [1.165, 1.54) is 35.0 Å². The Kier molecular flexibility index (Phi) is 8.02. The normalized spacial score (nSPS) is 17.4. The number of hydrogen-bond acceptors (Lipinski definition) is 9. The molecule has 2 atom stereocenters. The van der Waals surface area contributed by atoms with E-state index >= 15 is 0 Å². The Morgan fingerprint density at radius 3 is 2.50 bits per heavy atom. The van der Waals surface area contributed by atoms with Gasteiger partial charge in [0, 0.05) is 33.1 Å². The molecule has 1 fully saturated rings. The Balaban J connectivity index is 1.97. The van der Waals surface area contributed by atoms with Crippen molar-refractivity contribution in [2.75, 3.05) is 31.0 Å². The average molecular weight is 561 g/mol. The third-order valence-electron chi connectivity index (χ3n) is 6.60. The number of nitriles is 1. The van der Waals surface area contributed by atoms with Crippen LogP contribution in [0.15, 0.2) is 52.5 Å². The summed E-state index contributed by atoms with van der Waals surface area (Å²) in [6, 6.07) is 9.42. The van der Waals surface area contributed by atoms with Crippen molar-refractivity contribution in [3.05, 3.63) is 69.2 Å². The minimum absolute atomic E-state index is 0.0426. The number of benzene rings is 1. The molecule has 1 N–H and O–H groups in total. The number of aliphatic imine (C=N–C) groups is 1. The van der Waals surface area contributed by atoms with Gasteiger partial charge in [0.1, 0.15) is 17.1 Å². The third kappa shape index (κ3) is 5.18. The van der Waals surface area contributed by atoms with Crippen LogP contribution in [-0.4, -0.2) is 53.1 Å². The predicted molar refractivity (Wildman–Crippen MR) is 154 cm³/mol. The highest BCUT2D eigenvalue weighted by molar-refractivity contribution is 6.49. The van der Waals surface area contributed by atoms with E-state index in [9.17, 15) is 14.9 Å². The lowest BCUT2D eigenvalue weighted by Gasteiger charge is -2.29. The number of ether oxygens (including phenoxy) is 1. The molecule has 40 heavy (non-hydrogen) atoms. The van der Waals surface area contributed by atoms with Crippen LogP contribution in [0.1, 0.15) is 31.0 Å². The summed E-state index contributed by atoms with van der Waals surface area (Å²) in [5.41, 5.74) is 1.28. The highest BCUT2D eigenvalue weighted by Crippen LogP contribution is 2.42. The molecular formula is C28H29ClN8O3. The molecule has 1 aliphatic rings. The zero-order chi connectivity index (χ0) is 29.3. The van der Waals surface area contributed by atoms with E-state index < -0.39 is 23.4 Å². The van der Waals surface area contributed by atoms with E-state index in [-0.39, 0.29) is 28.2 Å². The van der Waals surface area contributed by atoms with E-state index in [1.54, 1.807) is 50.3 Å². The first kappa shape index (κ1) is 28.4. The van der Waals surface area contributed by atoms with Crippen molar-refractivity contribution in [3.63, 3.8) is 0 Å². The number of rotatable bonds is 7. The lowest BCUT2D eigenvalue weighted by Crippen LogP contribution is -2.36. The van der Waals surface area contributed by atoms with Crippen molar-refractivity contribution < 1.29 is 9.53 Å². The van der Waals surface area contributed by atoms with Crippen molar-refractivity contribution in [1.82, 2.24) is 14.5 Å². The number of nitrogens with zero attached hydrogens (tertiary/aromatic N) is 7. The number of hydrogen-bond donors (Lipinski definition) is 1. The molecule has 1 aromatic carbocycles. The second-order valence-corrected chi connectivity index (χ2v) is 10.3. The second-order valence-electron chi connectivity index (χ2n) is 9.86. The Morgan fingerprint density at radius 1 is 1.25 bits per heavy atom. The predicted octanol–water partition coefficient (Wildman–Crippen LogP) is 3.93. The molecule has 0 spiro atoms. The van der Waals surface area contributed by atoms with E-state index in [4.69, 9.17) is 26.7 Å². The van der Waals surface area contributed by atoms with Gasteiger partial charge in [-0.1, -0.05) is 37.6 Å². The zero-order valence-corrected chi connectivity index (χ0v) is 23.8. The summed E-state index contributed by atoms with van der Waals surface area (Å²) < 4.78 is 6.79. The summed E-state index contributed by atoms with van der Waals surface area (Å²) in [7, 11) is 6.63. The number of methoxy groups -OCH3 is 1. The number of aryl methyl sites for hydroxylation is 1. The first-order valence-corrected chi connectivity index (χ1v) is 12.8. The summed E-state index contributed by atoms with van der Waals surface area (Å²) >= 11 is 6.30. The fourth-order valence-electron chi connectivity index (χ4n) is 4.68. The highest BCUT2D eigenvalue weighted by Gasteiger charge is 2.50. The lowest BCUT2D eigenvalue weighted by atomic mass is 9.83. The molecule has 0 aliphatic carbocycles. The summed E-state index contributed by atoms with van der Waals surface area (Å²) in [6.07, 6.45) is 2.99. The molecule has 0 radical (unpaired) electrons. The van der Waals surface area contributed by atoms with Crippen LogP contribution in [0, 0.1) is 28.6 Å². The van der Waals surface area contributed by atoms with Crippen LogP contribution in [0.4, 0.5) is 17.3 Å². The van der Waals surface area contributed by atoms with Crippen molar-refractivity contribution in [3.8, 4) is 11.9 Å². The van der Waals surface area contributed by atoms with Crippen LogP contribution in [-0.2, 0) is 11.8 Å². The van der Waals surface area contributed by atoms with Crippen LogP contribution in [0.25, 0.3) is 0 Å². The fourth-order valence-corrected chi connectivity index (χ4v) is 4.93. The topological polar surface area (TPSA) is 141 Å². The molecule has 2 unspecified atom stereocenters. The van der Waals surface area contributed by atoms with Crippen LogP contribution < -0.4 is 20.1 Å². The van der Waals surface area contributed by atoms with Gasteiger partial charge in [0.2, 0.25) is 11.8 Å². The van der Waals surface area contributed by atoms with Crippen molar-refractivity contribution in [2.45, 2.75) is 19.9 Å². The highest BCUT2D eigenvalue weighted by atomic mass is 35.5. The maximum Gasteiger partial charge on any atom is 0.274 e. The number of anilines is 2. The van der Waals surface area contributed by atoms with Crippen LogP contribution >= 0.6 is 11.6 Å². The summed E-state index contributed by atoms with van der Waals surface area (Å²) in [6.45, 7) is 3.82. The molecule has 2 aromatic heterocycles. The smallest absolute Gasteiger partial charge is 0.274 e. The second kappa shape index (κ2) is 11.3. The molecular weight excluding hydrogens is 532 g/mol. The van der Waals surface area contributed by atoms with Crippen molar-refractivity contribution in [1.29, 1.82) is 10.7 Å². The summed E-state index contributed by atoms with van der Waals surface area (Å²) in [4.78, 5) is 43.7. The molecule has 1 amide bonds. The lowest BCUT2D eigenvalue weighted by molar-refractivity contribution is -0.112. The fraction of sp³-hybridized carbons (Fsp3) is 0.321. The molecule has 3 heterocycles. The van der Waals surface area contributed by atoms with Gasteiger partial charge in [-0.25, -0.2) is 9.98 Å². The molecule has 4 rings (SSSR count). The first-order chi connectivity index (χ1) is 19.0. The van der Waals surface area contributed by atoms with E-state index in [0.717, 1.165) is 0 Å². The molecule has 1 saturated heterocycles. The van der Waals surface area contributed by atoms with Gasteiger partial charge in [-0.05, 0) is 29.7 Å². The number of nitrogens with one attached hydrogen (secondary N) is 1. The SMILES string of the molecule is COc1nc(N(C)C)ncc1N=C(C(C)C)C1C(=N)C(=O)N(c2cc(Cl)cn(C)c2=O)C1c1ccc(C#N)cc1. The molecule has 1 aliphatic heterocycles. The van der Waals surface area contributed by atoms with Gasteiger partial charge >= 0.3 is 0 Å². The zero-order valence-electron chi connectivity index (χ0n) is 23.0. The Morgan fingerprint density at radius 2 is 1.93 bits per heavy atom. The molecule has 12 heteroatoms. The summed E-state index contributed by atoms with van der Waals surface area (Å²) in [5, 5.41) is 18.6. The van der Waals surface area contributed by atoms with Crippen LogP contribution in [0.5, 0.6) is 5.88 Å². The van der Waals surface area contributed by atoms with Gasteiger partial charge in [0.25, 0.3) is 11.5 Å². The standard InChI is InChI=1S/C28H29ClN8O3/c1-15(2)23(33-19-13-32-28(35(3)4)34-25(19)40-6)21-22(31)27(39)37(20-11-18(29)14-36(5)26(20)38)24(21)17-9-7-16(12-30)8-10-17/h7-11,13-15,21,24,31H,1-6H3. The average Bonchev–Trinajstić information content (AvgIpc) is 3.18. The molecule has 206 valence electrons. The van der Waals surface area contributed by atoms with Gasteiger partial charge < -0.3 is 14.2 Å². The van der Waals surface area contributed by atoms with Gasteiger partial charge in [0.05, 0.1) is 41.9 Å². The molecule has 3 aromatic rings. The van der Waals surface area contributed by atoms with Crippen LogP contribution in [0.3, 0.4) is 0 Å². The molecule has 11 nitrogen and oxygen atoms in total. The number of halogens is 1. The number of carbonyl (C=O) groups is 1. The Labute approximate surface area is 236 Å². The van der Waals surface area contributed by atoms with Crippen molar-refractivity contribution in [2.24, 2.45) is 23.9 Å². The minimum atomic E-state index is -0.845. The van der Waals surface area contributed by atoms with Gasteiger partial charge in [-0.3, -0.25) is 19.9 Å². The Hall–Kier alpha value is -4.56. The number of carbonyl (C=O) groups excluding carboxylic acids is 1.